The lowest BCUT2D eigenvalue weighted by Crippen LogP contribution is -2.51. The van der Waals surface area contributed by atoms with Gasteiger partial charge in [0.2, 0.25) is 5.91 Å². The summed E-state index contributed by atoms with van der Waals surface area (Å²) in [6.07, 6.45) is 1.46. The Bertz CT molecular complexity index is 814. The second kappa shape index (κ2) is 9.94. The normalized spacial score (nSPS) is 19.4. The van der Waals surface area contributed by atoms with Crippen LogP contribution in [-0.2, 0) is 14.9 Å². The Morgan fingerprint density at radius 1 is 0.967 bits per heavy atom. The Hall–Kier alpha value is -1.89. The van der Waals surface area contributed by atoms with Crippen LogP contribution < -0.4 is 10.2 Å². The van der Waals surface area contributed by atoms with Gasteiger partial charge in [0.25, 0.3) is 0 Å². The van der Waals surface area contributed by atoms with Gasteiger partial charge in [0, 0.05) is 62.6 Å². The van der Waals surface area contributed by atoms with E-state index in [1.54, 1.807) is 0 Å². The zero-order chi connectivity index (χ0) is 20.8. The van der Waals surface area contributed by atoms with Crippen LogP contribution in [-0.4, -0.2) is 63.3 Å². The quantitative estimate of drug-likeness (QED) is 0.700. The zero-order valence-electron chi connectivity index (χ0n) is 17.4. The number of carbonyl (C=O) groups excluding carboxylic acids is 1. The van der Waals surface area contributed by atoms with Gasteiger partial charge in [0.05, 0.1) is 5.41 Å². The largest absolute Gasteiger partial charge is 0.381 e. The van der Waals surface area contributed by atoms with Gasteiger partial charge in [0.1, 0.15) is 0 Å². The molecule has 160 valence electrons. The summed E-state index contributed by atoms with van der Waals surface area (Å²) in [5.74, 6) is 0.135. The topological polar surface area (TPSA) is 44.8 Å². The molecule has 2 aliphatic heterocycles. The van der Waals surface area contributed by atoms with Crippen LogP contribution in [0.3, 0.4) is 0 Å². The first-order valence-electron chi connectivity index (χ1n) is 10.8. The Labute approximate surface area is 187 Å². The first-order valence-corrected chi connectivity index (χ1v) is 11.6. The molecule has 2 heterocycles. The van der Waals surface area contributed by atoms with Gasteiger partial charge in [-0.1, -0.05) is 46.3 Å². The number of piperazine rings is 1. The molecule has 6 heteroatoms. The van der Waals surface area contributed by atoms with E-state index in [4.69, 9.17) is 4.74 Å². The van der Waals surface area contributed by atoms with E-state index in [-0.39, 0.29) is 5.91 Å². The van der Waals surface area contributed by atoms with Gasteiger partial charge in [-0.15, -0.1) is 0 Å². The van der Waals surface area contributed by atoms with Crippen molar-refractivity contribution in [3.05, 3.63) is 64.6 Å². The molecule has 0 radical (unpaired) electrons. The van der Waals surface area contributed by atoms with Crippen LogP contribution in [0, 0.1) is 0 Å². The molecule has 2 fully saturated rings. The van der Waals surface area contributed by atoms with E-state index >= 15 is 0 Å². The molecule has 2 saturated heterocycles. The van der Waals surface area contributed by atoms with E-state index < -0.39 is 5.41 Å². The first-order chi connectivity index (χ1) is 14.7. The summed E-state index contributed by atoms with van der Waals surface area (Å²) in [6, 6.07) is 18.8. The monoisotopic (exact) mass is 471 g/mol. The third kappa shape index (κ3) is 4.88. The highest BCUT2D eigenvalue weighted by atomic mass is 79.9. The average molecular weight is 472 g/mol. The molecule has 0 unspecified atom stereocenters. The van der Waals surface area contributed by atoms with E-state index in [9.17, 15) is 4.79 Å². The molecule has 1 N–H and O–H groups in total. The minimum Gasteiger partial charge on any atom is -0.381 e. The number of nitrogens with zero attached hydrogens (tertiary/aromatic N) is 2. The zero-order valence-corrected chi connectivity index (χ0v) is 18.9. The molecule has 0 saturated carbocycles. The standard InChI is InChI=1S/C24H30BrN3O2/c25-21-8-6-20(7-9-21)24(10-18-30-19-11-24)23(29)26-12-13-27-14-16-28(17-15-27)22-4-2-1-3-5-22/h1-9H,10-19H2,(H,26,29). The van der Waals surface area contributed by atoms with Crippen LogP contribution in [0.15, 0.2) is 59.1 Å². The maximum atomic E-state index is 13.3. The summed E-state index contributed by atoms with van der Waals surface area (Å²) in [5.41, 5.74) is 1.90. The fraction of sp³-hybridized carbons (Fsp3) is 0.458. The van der Waals surface area contributed by atoms with Crippen molar-refractivity contribution in [2.75, 3.05) is 57.4 Å². The molecular weight excluding hydrogens is 442 g/mol. The number of ether oxygens (including phenoxy) is 1. The van der Waals surface area contributed by atoms with Crippen LogP contribution in [0.5, 0.6) is 0 Å². The molecule has 2 aromatic carbocycles. The first kappa shape index (κ1) is 21.3. The summed E-state index contributed by atoms with van der Waals surface area (Å²) in [5, 5.41) is 3.24. The second-order valence-electron chi connectivity index (χ2n) is 8.12. The van der Waals surface area contributed by atoms with Crippen LogP contribution in [0.25, 0.3) is 0 Å². The smallest absolute Gasteiger partial charge is 0.230 e. The van der Waals surface area contributed by atoms with Gasteiger partial charge in [0.15, 0.2) is 0 Å². The molecule has 4 rings (SSSR count). The molecule has 2 aromatic rings. The average Bonchev–Trinajstić information content (AvgIpc) is 2.81. The summed E-state index contributed by atoms with van der Waals surface area (Å²) < 4.78 is 6.60. The number of amides is 1. The highest BCUT2D eigenvalue weighted by molar-refractivity contribution is 9.10. The molecule has 0 aliphatic carbocycles. The lowest BCUT2D eigenvalue weighted by molar-refractivity contribution is -0.130. The summed E-state index contributed by atoms with van der Waals surface area (Å²) >= 11 is 3.49. The summed E-state index contributed by atoms with van der Waals surface area (Å²) in [4.78, 5) is 18.1. The Kier molecular flexibility index (Phi) is 7.08. The maximum absolute atomic E-state index is 13.3. The maximum Gasteiger partial charge on any atom is 0.230 e. The predicted octanol–water partition coefficient (Wildman–Crippen LogP) is 3.44. The van der Waals surface area contributed by atoms with Crippen molar-refractivity contribution in [2.24, 2.45) is 0 Å². The number of carbonyl (C=O) groups is 1. The summed E-state index contributed by atoms with van der Waals surface area (Å²) in [7, 11) is 0. The molecular formula is C24H30BrN3O2. The van der Waals surface area contributed by atoms with E-state index in [2.05, 4.69) is 73.5 Å². The molecule has 0 spiro atoms. The van der Waals surface area contributed by atoms with Crippen LogP contribution in [0.1, 0.15) is 18.4 Å². The van der Waals surface area contributed by atoms with Crippen LogP contribution >= 0.6 is 15.9 Å². The van der Waals surface area contributed by atoms with Gasteiger partial charge in [-0.25, -0.2) is 0 Å². The van der Waals surface area contributed by atoms with E-state index in [0.29, 0.717) is 19.8 Å². The third-order valence-corrected chi connectivity index (χ3v) is 6.91. The van der Waals surface area contributed by atoms with Crippen LogP contribution in [0.2, 0.25) is 0 Å². The van der Waals surface area contributed by atoms with E-state index in [1.165, 1.54) is 5.69 Å². The molecule has 0 aromatic heterocycles. The molecule has 0 atom stereocenters. The molecule has 1 amide bonds. The SMILES string of the molecule is O=C(NCCN1CCN(c2ccccc2)CC1)C1(c2ccc(Br)cc2)CCOCC1. The Balaban J connectivity index is 1.30. The lowest BCUT2D eigenvalue weighted by Gasteiger charge is -2.38. The minimum atomic E-state index is -0.481. The number of nitrogens with one attached hydrogen (secondary N) is 1. The Morgan fingerprint density at radius 3 is 2.30 bits per heavy atom. The van der Waals surface area contributed by atoms with Crippen LogP contribution in [0.4, 0.5) is 5.69 Å². The van der Waals surface area contributed by atoms with Crippen molar-refractivity contribution < 1.29 is 9.53 Å². The minimum absolute atomic E-state index is 0.135. The van der Waals surface area contributed by atoms with Crippen molar-refractivity contribution in [3.63, 3.8) is 0 Å². The molecule has 5 nitrogen and oxygen atoms in total. The highest BCUT2D eigenvalue weighted by Crippen LogP contribution is 2.35. The number of hydrogen-bond acceptors (Lipinski definition) is 4. The number of anilines is 1. The molecule has 2 aliphatic rings. The van der Waals surface area contributed by atoms with Crippen molar-refractivity contribution in [2.45, 2.75) is 18.3 Å². The van der Waals surface area contributed by atoms with Gasteiger partial charge in [-0.05, 0) is 42.7 Å². The highest BCUT2D eigenvalue weighted by Gasteiger charge is 2.41. The van der Waals surface area contributed by atoms with Gasteiger partial charge >= 0.3 is 0 Å². The molecule has 30 heavy (non-hydrogen) atoms. The fourth-order valence-corrected chi connectivity index (χ4v) is 4.77. The molecule has 0 bridgehead atoms. The van der Waals surface area contributed by atoms with Crippen molar-refractivity contribution >= 4 is 27.5 Å². The van der Waals surface area contributed by atoms with E-state index in [0.717, 1.165) is 55.6 Å². The fourth-order valence-electron chi connectivity index (χ4n) is 4.50. The van der Waals surface area contributed by atoms with Crippen molar-refractivity contribution in [3.8, 4) is 0 Å². The number of para-hydroxylation sites is 1. The van der Waals surface area contributed by atoms with Crippen molar-refractivity contribution in [1.82, 2.24) is 10.2 Å². The number of benzene rings is 2. The third-order valence-electron chi connectivity index (χ3n) is 6.39. The van der Waals surface area contributed by atoms with Gasteiger partial charge in [-0.3, -0.25) is 9.69 Å². The van der Waals surface area contributed by atoms with E-state index in [1.807, 2.05) is 12.1 Å². The summed E-state index contributed by atoms with van der Waals surface area (Å²) in [6.45, 7) is 6.93. The number of halogens is 1. The van der Waals surface area contributed by atoms with Gasteiger partial charge in [-0.2, -0.15) is 0 Å². The predicted molar refractivity (Wildman–Crippen MR) is 124 cm³/mol. The van der Waals surface area contributed by atoms with Gasteiger partial charge < -0.3 is 15.0 Å². The van der Waals surface area contributed by atoms with Crippen molar-refractivity contribution in [1.29, 1.82) is 0 Å². The second-order valence-corrected chi connectivity index (χ2v) is 9.04. The number of rotatable bonds is 6. The lowest BCUT2D eigenvalue weighted by atomic mass is 9.73. The Morgan fingerprint density at radius 2 is 1.63 bits per heavy atom. The number of hydrogen-bond donors (Lipinski definition) is 1.